The molecule has 1 N–H and O–H groups in total. The summed E-state index contributed by atoms with van der Waals surface area (Å²) in [6.07, 6.45) is 2.94. The van der Waals surface area contributed by atoms with E-state index in [2.05, 4.69) is 10.3 Å². The van der Waals surface area contributed by atoms with Gasteiger partial charge in [-0.1, -0.05) is 12.1 Å². The Kier molecular flexibility index (Phi) is 3.88. The fourth-order valence-corrected chi connectivity index (χ4v) is 2.16. The lowest BCUT2D eigenvalue weighted by Gasteiger charge is -2.04. The number of amides is 1. The Balaban J connectivity index is 1.85. The fraction of sp³-hybridized carbons (Fsp3) is 0.231. The molecule has 88 valence electrons. The number of carbonyl (C=O) groups is 1. The average molecular weight is 246 g/mol. The number of rotatable bonds is 4. The molecule has 0 aliphatic heterocycles. The molecule has 0 bridgehead atoms. The molecule has 0 unspecified atom stereocenters. The second kappa shape index (κ2) is 5.59. The van der Waals surface area contributed by atoms with Crippen LogP contribution in [0, 0.1) is 6.92 Å². The Morgan fingerprint density at radius 1 is 1.47 bits per heavy atom. The van der Waals surface area contributed by atoms with Crippen LogP contribution in [0.4, 0.5) is 5.69 Å². The van der Waals surface area contributed by atoms with Gasteiger partial charge < -0.3 is 5.32 Å². The van der Waals surface area contributed by atoms with E-state index in [1.165, 1.54) is 0 Å². The third-order valence-corrected chi connectivity index (χ3v) is 3.19. The van der Waals surface area contributed by atoms with Gasteiger partial charge in [0.2, 0.25) is 5.91 Å². The molecule has 1 amide bonds. The van der Waals surface area contributed by atoms with Gasteiger partial charge in [-0.2, -0.15) is 0 Å². The fourth-order valence-electron chi connectivity index (χ4n) is 1.54. The number of nitrogens with one attached hydrogen (secondary N) is 1. The van der Waals surface area contributed by atoms with Crippen molar-refractivity contribution in [3.8, 4) is 0 Å². The normalized spacial score (nSPS) is 10.2. The summed E-state index contributed by atoms with van der Waals surface area (Å²) >= 11 is 1.58. The molecular formula is C13H14N2OS. The van der Waals surface area contributed by atoms with E-state index in [0.29, 0.717) is 12.8 Å². The van der Waals surface area contributed by atoms with Gasteiger partial charge in [0, 0.05) is 30.1 Å². The zero-order valence-electron chi connectivity index (χ0n) is 9.64. The van der Waals surface area contributed by atoms with Crippen LogP contribution in [0.2, 0.25) is 0 Å². The highest BCUT2D eigenvalue weighted by Gasteiger charge is 2.04. The van der Waals surface area contributed by atoms with Crippen molar-refractivity contribution in [2.24, 2.45) is 0 Å². The topological polar surface area (TPSA) is 42.0 Å². The smallest absolute Gasteiger partial charge is 0.224 e. The summed E-state index contributed by atoms with van der Waals surface area (Å²) in [6, 6.07) is 7.80. The second-order valence-electron chi connectivity index (χ2n) is 3.84. The maximum atomic E-state index is 11.7. The molecule has 3 nitrogen and oxygen atoms in total. The van der Waals surface area contributed by atoms with Crippen LogP contribution in [-0.4, -0.2) is 10.9 Å². The summed E-state index contributed by atoms with van der Waals surface area (Å²) in [4.78, 5) is 15.8. The minimum absolute atomic E-state index is 0.0331. The van der Waals surface area contributed by atoms with Crippen molar-refractivity contribution < 1.29 is 4.79 Å². The molecule has 0 saturated carbocycles. The Labute approximate surface area is 105 Å². The van der Waals surface area contributed by atoms with Gasteiger partial charge in [0.05, 0.1) is 5.01 Å². The summed E-state index contributed by atoms with van der Waals surface area (Å²) in [5.41, 5.74) is 2.00. The van der Waals surface area contributed by atoms with Crippen LogP contribution in [0.3, 0.4) is 0 Å². The third kappa shape index (κ3) is 3.67. The van der Waals surface area contributed by atoms with E-state index in [9.17, 15) is 4.79 Å². The van der Waals surface area contributed by atoms with Crippen molar-refractivity contribution in [1.82, 2.24) is 4.98 Å². The van der Waals surface area contributed by atoms with Gasteiger partial charge in [-0.3, -0.25) is 4.79 Å². The Morgan fingerprint density at radius 3 is 3.06 bits per heavy atom. The predicted octanol–water partition coefficient (Wildman–Crippen LogP) is 3.02. The average Bonchev–Trinajstić information content (AvgIpc) is 2.79. The largest absolute Gasteiger partial charge is 0.326 e. The number of aromatic nitrogens is 1. The zero-order chi connectivity index (χ0) is 12.1. The number of benzene rings is 1. The van der Waals surface area contributed by atoms with E-state index in [4.69, 9.17) is 0 Å². The van der Waals surface area contributed by atoms with Crippen LogP contribution >= 0.6 is 11.3 Å². The Bertz CT molecular complexity index is 494. The quantitative estimate of drug-likeness (QED) is 0.901. The lowest BCUT2D eigenvalue weighted by Crippen LogP contribution is -2.12. The van der Waals surface area contributed by atoms with Crippen molar-refractivity contribution in [3.05, 3.63) is 46.4 Å². The molecule has 1 aromatic heterocycles. The monoisotopic (exact) mass is 246 g/mol. The first-order valence-electron chi connectivity index (χ1n) is 5.49. The molecular weight excluding hydrogens is 232 g/mol. The van der Waals surface area contributed by atoms with Crippen molar-refractivity contribution >= 4 is 22.9 Å². The van der Waals surface area contributed by atoms with E-state index < -0.39 is 0 Å². The van der Waals surface area contributed by atoms with E-state index in [0.717, 1.165) is 16.3 Å². The second-order valence-corrected chi connectivity index (χ2v) is 4.82. The predicted molar refractivity (Wildman–Crippen MR) is 70.2 cm³/mol. The molecule has 17 heavy (non-hydrogen) atoms. The van der Waals surface area contributed by atoms with Gasteiger partial charge in [0.15, 0.2) is 0 Å². The van der Waals surface area contributed by atoms with Gasteiger partial charge >= 0.3 is 0 Å². The van der Waals surface area contributed by atoms with Crippen LogP contribution in [0.25, 0.3) is 0 Å². The van der Waals surface area contributed by atoms with Crippen LogP contribution < -0.4 is 5.32 Å². The summed E-state index contributed by atoms with van der Waals surface area (Å²) in [5, 5.41) is 5.81. The number of hydrogen-bond donors (Lipinski definition) is 1. The Hall–Kier alpha value is -1.68. The lowest BCUT2D eigenvalue weighted by atomic mass is 10.2. The van der Waals surface area contributed by atoms with Gasteiger partial charge in [0.25, 0.3) is 0 Å². The molecule has 1 heterocycles. The van der Waals surface area contributed by atoms with E-state index in [-0.39, 0.29) is 5.91 Å². The number of anilines is 1. The van der Waals surface area contributed by atoms with Gasteiger partial charge in [-0.15, -0.1) is 11.3 Å². The Morgan fingerprint density at radius 2 is 2.35 bits per heavy atom. The lowest BCUT2D eigenvalue weighted by molar-refractivity contribution is -0.116. The van der Waals surface area contributed by atoms with Crippen molar-refractivity contribution in [1.29, 1.82) is 0 Å². The first kappa shape index (κ1) is 11.8. The van der Waals surface area contributed by atoms with Crippen LogP contribution in [0.1, 0.15) is 17.0 Å². The molecule has 0 aliphatic rings. The molecule has 2 rings (SSSR count). The van der Waals surface area contributed by atoms with Gasteiger partial charge in [-0.25, -0.2) is 4.98 Å². The first-order chi connectivity index (χ1) is 8.24. The summed E-state index contributed by atoms with van der Waals surface area (Å²) < 4.78 is 0. The van der Waals surface area contributed by atoms with E-state index in [1.807, 2.05) is 36.6 Å². The summed E-state index contributed by atoms with van der Waals surface area (Å²) in [6.45, 7) is 2.01. The number of aryl methyl sites for hydroxylation is 2. The number of thiazole rings is 1. The number of nitrogens with zero attached hydrogens (tertiary/aromatic N) is 1. The number of carbonyl (C=O) groups excluding carboxylic acids is 1. The molecule has 4 heteroatoms. The molecule has 0 saturated heterocycles. The zero-order valence-corrected chi connectivity index (χ0v) is 10.5. The van der Waals surface area contributed by atoms with Gasteiger partial charge in [0.1, 0.15) is 0 Å². The maximum Gasteiger partial charge on any atom is 0.224 e. The molecule has 0 spiro atoms. The summed E-state index contributed by atoms with van der Waals surface area (Å²) in [7, 11) is 0. The third-order valence-electron chi connectivity index (χ3n) is 2.35. The molecule has 0 atom stereocenters. The SMILES string of the molecule is Cc1cccc(NC(=O)CCc2nccs2)c1. The molecule has 0 fully saturated rings. The van der Waals surface area contributed by atoms with Crippen molar-refractivity contribution in [2.45, 2.75) is 19.8 Å². The highest BCUT2D eigenvalue weighted by molar-refractivity contribution is 7.09. The number of hydrogen-bond acceptors (Lipinski definition) is 3. The highest BCUT2D eigenvalue weighted by Crippen LogP contribution is 2.11. The van der Waals surface area contributed by atoms with Crippen LogP contribution in [0.15, 0.2) is 35.8 Å². The van der Waals surface area contributed by atoms with Gasteiger partial charge in [-0.05, 0) is 24.6 Å². The molecule has 2 aromatic rings. The molecule has 0 aliphatic carbocycles. The highest BCUT2D eigenvalue weighted by atomic mass is 32.1. The van der Waals surface area contributed by atoms with Crippen LogP contribution in [-0.2, 0) is 11.2 Å². The molecule has 0 radical (unpaired) electrons. The van der Waals surface area contributed by atoms with Crippen molar-refractivity contribution in [2.75, 3.05) is 5.32 Å². The van der Waals surface area contributed by atoms with Crippen LogP contribution in [0.5, 0.6) is 0 Å². The van der Waals surface area contributed by atoms with E-state index in [1.54, 1.807) is 17.5 Å². The van der Waals surface area contributed by atoms with Crippen molar-refractivity contribution in [3.63, 3.8) is 0 Å². The maximum absolute atomic E-state index is 11.7. The standard InChI is InChI=1S/C13H14N2OS/c1-10-3-2-4-11(9-10)15-12(16)5-6-13-14-7-8-17-13/h2-4,7-9H,5-6H2,1H3,(H,15,16). The first-order valence-corrected chi connectivity index (χ1v) is 6.37. The molecule has 1 aromatic carbocycles. The van der Waals surface area contributed by atoms with E-state index >= 15 is 0 Å². The minimum Gasteiger partial charge on any atom is -0.326 e. The minimum atomic E-state index is 0.0331. The summed E-state index contributed by atoms with van der Waals surface area (Å²) in [5.74, 6) is 0.0331.